The van der Waals surface area contributed by atoms with Gasteiger partial charge in [-0.25, -0.2) is 4.79 Å². The molecule has 0 unspecified atom stereocenters. The minimum Gasteiger partial charge on any atom is -0.480 e. The third-order valence-electron chi connectivity index (χ3n) is 3.44. The number of anilines is 1. The van der Waals surface area contributed by atoms with Crippen molar-refractivity contribution in [3.63, 3.8) is 0 Å². The molecular weight excluding hydrogens is 324 g/mol. The van der Waals surface area contributed by atoms with Crippen LogP contribution in [0.25, 0.3) is 0 Å². The summed E-state index contributed by atoms with van der Waals surface area (Å²) in [5.41, 5.74) is 0.664. The normalized spacial score (nSPS) is 11.8. The molecule has 1 atom stereocenters. The maximum atomic E-state index is 12.3. The molecule has 0 spiro atoms. The Morgan fingerprint density at radius 2 is 1.88 bits per heavy atom. The molecule has 2 rings (SSSR count). The lowest BCUT2D eigenvalue weighted by molar-refractivity contribution is -0.139. The molecule has 0 bridgehead atoms. The molecular formula is C18H20N2O5. The number of carbonyl (C=O) groups excluding carboxylic acids is 2. The average Bonchev–Trinajstić information content (AvgIpc) is 3.08. The molecule has 0 saturated carbocycles. The molecule has 1 aromatic carbocycles. The van der Waals surface area contributed by atoms with Crippen LogP contribution in [0, 0.1) is 5.92 Å². The Morgan fingerprint density at radius 1 is 1.12 bits per heavy atom. The van der Waals surface area contributed by atoms with Gasteiger partial charge in [-0.2, -0.15) is 0 Å². The highest BCUT2D eigenvalue weighted by Gasteiger charge is 2.22. The number of aliphatic carboxylic acids is 1. The van der Waals surface area contributed by atoms with E-state index in [-0.39, 0.29) is 17.2 Å². The monoisotopic (exact) mass is 344 g/mol. The molecule has 0 radical (unpaired) electrons. The molecule has 0 aliphatic carbocycles. The SMILES string of the molecule is CC(C)C[C@@H](NC(=O)c1cccc(NC(=O)c2ccco2)c1)C(=O)O. The van der Waals surface area contributed by atoms with E-state index in [1.165, 1.54) is 18.4 Å². The maximum Gasteiger partial charge on any atom is 0.326 e. The minimum atomic E-state index is -1.08. The van der Waals surface area contributed by atoms with Crippen molar-refractivity contribution in [3.05, 3.63) is 54.0 Å². The van der Waals surface area contributed by atoms with Crippen LogP contribution in [0.1, 0.15) is 41.2 Å². The van der Waals surface area contributed by atoms with E-state index < -0.39 is 23.8 Å². The summed E-state index contributed by atoms with van der Waals surface area (Å²) in [4.78, 5) is 35.5. The fourth-order valence-corrected chi connectivity index (χ4v) is 2.27. The molecule has 132 valence electrons. The number of nitrogens with one attached hydrogen (secondary N) is 2. The first-order valence-electron chi connectivity index (χ1n) is 7.85. The lowest BCUT2D eigenvalue weighted by Crippen LogP contribution is -2.41. The molecule has 25 heavy (non-hydrogen) atoms. The second-order valence-corrected chi connectivity index (χ2v) is 6.01. The predicted molar refractivity (Wildman–Crippen MR) is 91.4 cm³/mol. The van der Waals surface area contributed by atoms with Crippen molar-refractivity contribution >= 4 is 23.5 Å². The van der Waals surface area contributed by atoms with Crippen molar-refractivity contribution in [1.82, 2.24) is 5.32 Å². The van der Waals surface area contributed by atoms with Crippen LogP contribution in [0.3, 0.4) is 0 Å². The van der Waals surface area contributed by atoms with Crippen LogP contribution in [-0.2, 0) is 4.79 Å². The molecule has 0 fully saturated rings. The zero-order chi connectivity index (χ0) is 18.4. The zero-order valence-electron chi connectivity index (χ0n) is 14.0. The zero-order valence-corrected chi connectivity index (χ0v) is 14.0. The highest BCUT2D eigenvalue weighted by Crippen LogP contribution is 2.14. The van der Waals surface area contributed by atoms with Crippen LogP contribution in [0.15, 0.2) is 47.1 Å². The largest absolute Gasteiger partial charge is 0.480 e. The lowest BCUT2D eigenvalue weighted by Gasteiger charge is -2.16. The number of carbonyl (C=O) groups is 3. The first-order chi connectivity index (χ1) is 11.9. The summed E-state index contributed by atoms with van der Waals surface area (Å²) < 4.78 is 5.00. The Kier molecular flexibility index (Phi) is 5.94. The quantitative estimate of drug-likeness (QED) is 0.715. The van der Waals surface area contributed by atoms with Gasteiger partial charge in [0.05, 0.1) is 6.26 Å². The minimum absolute atomic E-state index is 0.125. The Balaban J connectivity index is 2.07. The Morgan fingerprint density at radius 3 is 2.48 bits per heavy atom. The van der Waals surface area contributed by atoms with Crippen LogP contribution >= 0.6 is 0 Å². The smallest absolute Gasteiger partial charge is 0.326 e. The summed E-state index contributed by atoms with van der Waals surface area (Å²) >= 11 is 0. The number of hydrogen-bond acceptors (Lipinski definition) is 4. The van der Waals surface area contributed by atoms with E-state index in [2.05, 4.69) is 10.6 Å². The van der Waals surface area contributed by atoms with E-state index in [0.717, 1.165) is 0 Å². The summed E-state index contributed by atoms with van der Waals surface area (Å²) in [6.45, 7) is 3.76. The van der Waals surface area contributed by atoms with E-state index in [1.807, 2.05) is 13.8 Å². The second kappa shape index (κ2) is 8.14. The van der Waals surface area contributed by atoms with Gasteiger partial charge in [-0.15, -0.1) is 0 Å². The highest BCUT2D eigenvalue weighted by atomic mass is 16.4. The van der Waals surface area contributed by atoms with Crippen LogP contribution in [0.2, 0.25) is 0 Å². The average molecular weight is 344 g/mol. The number of carboxylic acids is 1. The van der Waals surface area contributed by atoms with Gasteiger partial charge in [-0.1, -0.05) is 19.9 Å². The van der Waals surface area contributed by atoms with E-state index >= 15 is 0 Å². The summed E-state index contributed by atoms with van der Waals surface area (Å²) in [6, 6.07) is 8.41. The van der Waals surface area contributed by atoms with Gasteiger partial charge in [0.2, 0.25) is 0 Å². The number of carboxylic acid groups (broad SMARTS) is 1. The van der Waals surface area contributed by atoms with E-state index in [4.69, 9.17) is 4.42 Å². The van der Waals surface area contributed by atoms with Crippen LogP contribution in [-0.4, -0.2) is 28.9 Å². The highest BCUT2D eigenvalue weighted by molar-refractivity contribution is 6.03. The van der Waals surface area contributed by atoms with Crippen LogP contribution in [0.4, 0.5) is 5.69 Å². The summed E-state index contributed by atoms with van der Waals surface area (Å²) in [6.07, 6.45) is 1.72. The number of amides is 2. The van der Waals surface area contributed by atoms with Crippen molar-refractivity contribution in [2.45, 2.75) is 26.3 Å². The second-order valence-electron chi connectivity index (χ2n) is 6.01. The summed E-state index contributed by atoms with van der Waals surface area (Å²) in [5.74, 6) is -1.75. The molecule has 3 N–H and O–H groups in total. The third-order valence-corrected chi connectivity index (χ3v) is 3.44. The summed E-state index contributed by atoms with van der Waals surface area (Å²) in [5, 5.41) is 14.3. The fraction of sp³-hybridized carbons (Fsp3) is 0.278. The molecule has 1 heterocycles. The van der Waals surface area contributed by atoms with Crippen molar-refractivity contribution in [1.29, 1.82) is 0 Å². The van der Waals surface area contributed by atoms with E-state index in [1.54, 1.807) is 24.3 Å². The summed E-state index contributed by atoms with van der Waals surface area (Å²) in [7, 11) is 0. The van der Waals surface area contributed by atoms with Gasteiger partial charge in [-0.3, -0.25) is 9.59 Å². The van der Waals surface area contributed by atoms with E-state index in [9.17, 15) is 19.5 Å². The number of hydrogen-bond donors (Lipinski definition) is 3. The molecule has 0 aliphatic rings. The molecule has 0 aliphatic heterocycles. The number of furan rings is 1. The third kappa shape index (κ3) is 5.20. The molecule has 0 saturated heterocycles. The number of rotatable bonds is 7. The van der Waals surface area contributed by atoms with Gasteiger partial charge >= 0.3 is 5.97 Å². The van der Waals surface area contributed by atoms with Crippen molar-refractivity contribution < 1.29 is 23.9 Å². The van der Waals surface area contributed by atoms with Gasteiger partial charge < -0.3 is 20.2 Å². The molecule has 2 aromatic rings. The van der Waals surface area contributed by atoms with Gasteiger partial charge in [0.15, 0.2) is 5.76 Å². The standard InChI is InChI=1S/C18H20N2O5/c1-11(2)9-14(18(23)24)20-16(21)12-5-3-6-13(10-12)19-17(22)15-7-4-8-25-15/h3-8,10-11,14H,9H2,1-2H3,(H,19,22)(H,20,21)(H,23,24)/t14-/m1/s1. The van der Waals surface area contributed by atoms with E-state index in [0.29, 0.717) is 12.1 Å². The molecule has 2 amide bonds. The first kappa shape index (κ1) is 18.3. The molecule has 7 nitrogen and oxygen atoms in total. The van der Waals surface area contributed by atoms with Crippen molar-refractivity contribution in [2.75, 3.05) is 5.32 Å². The van der Waals surface area contributed by atoms with Gasteiger partial charge in [-0.05, 0) is 42.7 Å². The number of benzene rings is 1. The molecule has 1 aromatic heterocycles. The van der Waals surface area contributed by atoms with Crippen molar-refractivity contribution in [3.8, 4) is 0 Å². The van der Waals surface area contributed by atoms with Crippen molar-refractivity contribution in [2.24, 2.45) is 5.92 Å². The maximum absolute atomic E-state index is 12.3. The van der Waals surface area contributed by atoms with Crippen LogP contribution < -0.4 is 10.6 Å². The van der Waals surface area contributed by atoms with Gasteiger partial charge in [0.1, 0.15) is 6.04 Å². The van der Waals surface area contributed by atoms with Gasteiger partial charge in [0.25, 0.3) is 11.8 Å². The van der Waals surface area contributed by atoms with Crippen LogP contribution in [0.5, 0.6) is 0 Å². The lowest BCUT2D eigenvalue weighted by atomic mass is 10.0. The first-order valence-corrected chi connectivity index (χ1v) is 7.85. The Bertz CT molecular complexity index is 753. The Hall–Kier alpha value is -3.09. The fourth-order valence-electron chi connectivity index (χ4n) is 2.27. The Labute approximate surface area is 145 Å². The predicted octanol–water partition coefficient (Wildman–Crippen LogP) is 2.76. The molecule has 7 heteroatoms. The topological polar surface area (TPSA) is 109 Å². The van der Waals surface area contributed by atoms with Gasteiger partial charge in [0, 0.05) is 11.3 Å².